The number of benzene rings is 3. The van der Waals surface area contributed by atoms with Crippen LogP contribution in [0.2, 0.25) is 0 Å². The first-order chi connectivity index (χ1) is 23.0. The average molecular weight is 687 g/mol. The molecular weight excluding hydrogens is 650 g/mol. The van der Waals surface area contributed by atoms with Gasteiger partial charge in [0.1, 0.15) is 18.2 Å². The molecule has 2 heterocycles. The van der Waals surface area contributed by atoms with E-state index in [0.29, 0.717) is 37.0 Å². The fourth-order valence-electron chi connectivity index (χ4n) is 5.19. The van der Waals surface area contributed by atoms with Gasteiger partial charge in [0.05, 0.1) is 34.1 Å². The number of likely N-dealkylation sites (N-methyl/N-ethyl adjacent to an activating group) is 1. The summed E-state index contributed by atoms with van der Waals surface area (Å²) >= 11 is 0. The maximum absolute atomic E-state index is 13.9. The maximum atomic E-state index is 13.9. The number of aromatic nitrogens is 2. The molecule has 4 aromatic rings. The molecule has 1 saturated heterocycles. The predicted octanol–water partition coefficient (Wildman–Crippen LogP) is 3.84. The molecule has 1 aliphatic rings. The molecule has 0 aliphatic carbocycles. The highest BCUT2D eigenvalue weighted by Crippen LogP contribution is 2.31. The highest BCUT2D eigenvalue weighted by atomic mass is 32.2. The number of halogens is 2. The number of anilines is 3. The van der Waals surface area contributed by atoms with Gasteiger partial charge in [-0.3, -0.25) is 4.79 Å². The average Bonchev–Trinajstić information content (AvgIpc) is 3.42. The number of carbonyl (C=O) groups is 2. The van der Waals surface area contributed by atoms with Gasteiger partial charge >= 0.3 is 6.09 Å². The van der Waals surface area contributed by atoms with E-state index < -0.39 is 38.4 Å². The van der Waals surface area contributed by atoms with Crippen LogP contribution < -0.4 is 15.5 Å². The van der Waals surface area contributed by atoms with Crippen LogP contribution in [0.4, 0.5) is 30.8 Å². The van der Waals surface area contributed by atoms with Crippen LogP contribution in [0.3, 0.4) is 0 Å². The third-order valence-electron chi connectivity index (χ3n) is 7.76. The molecule has 1 aliphatic heterocycles. The number of sulfone groups is 1. The molecule has 0 bridgehead atoms. The van der Waals surface area contributed by atoms with Crippen molar-refractivity contribution in [2.45, 2.75) is 9.79 Å². The lowest BCUT2D eigenvalue weighted by Gasteiger charge is -2.34. The number of methoxy groups -OCH3 is 2. The van der Waals surface area contributed by atoms with Gasteiger partial charge in [-0.25, -0.2) is 22.0 Å². The summed E-state index contributed by atoms with van der Waals surface area (Å²) in [6.45, 7) is 4.24. The van der Waals surface area contributed by atoms with Gasteiger partial charge in [0.2, 0.25) is 9.84 Å². The Morgan fingerprint density at radius 2 is 1.58 bits per heavy atom. The molecule has 2 N–H and O–H groups in total. The number of hydrogen-bond donors (Lipinski definition) is 2. The molecule has 0 atom stereocenters. The smallest absolute Gasteiger partial charge is 0.435 e. The van der Waals surface area contributed by atoms with Crippen LogP contribution in [0.1, 0.15) is 10.4 Å². The number of nitrogens with zero attached hydrogens (tertiary/aromatic N) is 4. The molecule has 48 heavy (non-hydrogen) atoms. The van der Waals surface area contributed by atoms with Crippen LogP contribution in [0, 0.1) is 11.6 Å². The summed E-state index contributed by atoms with van der Waals surface area (Å²) in [5.74, 6) is -2.88. The minimum absolute atomic E-state index is 0.0629. The molecule has 256 valence electrons. The van der Waals surface area contributed by atoms with E-state index in [1.807, 2.05) is 12.1 Å². The van der Waals surface area contributed by atoms with E-state index in [-0.39, 0.29) is 40.4 Å². The molecule has 16 heteroatoms. The number of amides is 1. The Labute approximate surface area is 276 Å². The topological polar surface area (TPSA) is 144 Å². The van der Waals surface area contributed by atoms with Crippen molar-refractivity contribution in [3.63, 3.8) is 0 Å². The zero-order chi connectivity index (χ0) is 34.4. The van der Waals surface area contributed by atoms with Gasteiger partial charge in [-0.05, 0) is 55.6 Å². The van der Waals surface area contributed by atoms with Gasteiger partial charge < -0.3 is 34.6 Å². The summed E-state index contributed by atoms with van der Waals surface area (Å²) < 4.78 is 71.0. The Morgan fingerprint density at radius 3 is 2.27 bits per heavy atom. The molecule has 1 fully saturated rings. The lowest BCUT2D eigenvalue weighted by molar-refractivity contribution is 0.0980. The summed E-state index contributed by atoms with van der Waals surface area (Å²) in [5, 5.41) is 10.3. The van der Waals surface area contributed by atoms with E-state index in [4.69, 9.17) is 14.2 Å². The second-order valence-electron chi connectivity index (χ2n) is 11.0. The van der Waals surface area contributed by atoms with Crippen molar-refractivity contribution in [1.82, 2.24) is 14.7 Å². The minimum Gasteiger partial charge on any atom is -0.445 e. The normalized spacial score (nSPS) is 13.9. The number of piperazine rings is 1. The first kappa shape index (κ1) is 34.7. The molecule has 0 spiro atoms. The summed E-state index contributed by atoms with van der Waals surface area (Å²) in [6, 6.07) is 11.0. The van der Waals surface area contributed by atoms with Gasteiger partial charge in [-0.2, -0.15) is 4.68 Å². The van der Waals surface area contributed by atoms with Crippen molar-refractivity contribution in [2.75, 3.05) is 89.3 Å². The fraction of sp³-hybridized carbons (Fsp3) is 0.344. The van der Waals surface area contributed by atoms with Crippen molar-refractivity contribution < 1.29 is 41.0 Å². The van der Waals surface area contributed by atoms with E-state index in [0.717, 1.165) is 36.5 Å². The lowest BCUT2D eigenvalue weighted by atomic mass is 10.1. The van der Waals surface area contributed by atoms with Crippen LogP contribution in [-0.2, 0) is 24.0 Å². The molecule has 3 aromatic carbocycles. The first-order valence-corrected chi connectivity index (χ1v) is 16.5. The number of nitrogens with one attached hydrogen (secondary N) is 2. The Balaban J connectivity index is 1.53. The van der Waals surface area contributed by atoms with Crippen molar-refractivity contribution in [2.24, 2.45) is 0 Å². The summed E-state index contributed by atoms with van der Waals surface area (Å²) in [6.07, 6.45) is -0.904. The standard InChI is InChI=1S/C32H36F2N6O7S/c1-38-9-11-39(12-10-38)23-4-6-26(28(19-23)35-8-13-45-2)31(41)36-30-27-20-24(48(43,44)25-17-21(33)16-22(34)18-25)5-7-29(27)40(37-30)32(42)47-15-14-46-3/h4-7,16-20,35H,8-15H2,1-3H3,(H,36,37,41). The van der Waals surface area contributed by atoms with Crippen molar-refractivity contribution in [3.05, 3.63) is 71.8 Å². The first-order valence-electron chi connectivity index (χ1n) is 15.0. The van der Waals surface area contributed by atoms with Gasteiger partial charge in [-0.1, -0.05) is 0 Å². The highest BCUT2D eigenvalue weighted by Gasteiger charge is 2.25. The lowest BCUT2D eigenvalue weighted by Crippen LogP contribution is -2.44. The minimum atomic E-state index is -4.43. The van der Waals surface area contributed by atoms with Crippen LogP contribution in [0.5, 0.6) is 0 Å². The SMILES string of the molecule is COCCNc1cc(N2CCN(C)CC2)ccc1C(=O)Nc1nn(C(=O)OCCOC)c2ccc(S(=O)(=O)c3cc(F)cc(F)c3)cc12. The van der Waals surface area contributed by atoms with Crippen molar-refractivity contribution in [1.29, 1.82) is 0 Å². The zero-order valence-corrected chi connectivity index (χ0v) is 27.5. The predicted molar refractivity (Wildman–Crippen MR) is 175 cm³/mol. The Kier molecular flexibility index (Phi) is 10.9. The Hall–Kier alpha value is -4.64. The summed E-state index contributed by atoms with van der Waals surface area (Å²) in [5.41, 5.74) is 1.83. The summed E-state index contributed by atoms with van der Waals surface area (Å²) in [4.78, 5) is 30.3. The highest BCUT2D eigenvalue weighted by molar-refractivity contribution is 7.91. The third-order valence-corrected chi connectivity index (χ3v) is 9.49. The van der Waals surface area contributed by atoms with Gasteiger partial charge in [0.25, 0.3) is 5.91 Å². The van der Waals surface area contributed by atoms with Crippen LogP contribution in [0.15, 0.2) is 64.4 Å². The quantitative estimate of drug-likeness (QED) is 0.210. The van der Waals surface area contributed by atoms with Gasteiger partial charge in [0.15, 0.2) is 5.82 Å². The summed E-state index contributed by atoms with van der Waals surface area (Å²) in [7, 11) is 0.634. The number of fused-ring (bicyclic) bond motifs is 1. The number of hydrogen-bond acceptors (Lipinski definition) is 11. The molecule has 0 saturated carbocycles. The van der Waals surface area contributed by atoms with E-state index >= 15 is 0 Å². The molecule has 1 amide bonds. The molecule has 1 aromatic heterocycles. The monoisotopic (exact) mass is 686 g/mol. The molecule has 5 rings (SSSR count). The maximum Gasteiger partial charge on any atom is 0.435 e. The molecule has 0 unspecified atom stereocenters. The second-order valence-corrected chi connectivity index (χ2v) is 13.0. The Bertz CT molecular complexity index is 1890. The zero-order valence-electron chi connectivity index (χ0n) is 26.7. The second kappa shape index (κ2) is 15.1. The van der Waals surface area contributed by atoms with Gasteiger partial charge in [0, 0.05) is 69.8 Å². The van der Waals surface area contributed by atoms with Gasteiger partial charge in [-0.15, -0.1) is 5.10 Å². The van der Waals surface area contributed by atoms with E-state index in [9.17, 15) is 26.8 Å². The fourth-order valence-corrected chi connectivity index (χ4v) is 6.52. The number of carbonyl (C=O) groups excluding carboxylic acids is 2. The number of ether oxygens (including phenoxy) is 3. The third kappa shape index (κ3) is 7.73. The van der Waals surface area contributed by atoms with E-state index in [1.165, 1.54) is 25.3 Å². The molecular formula is C32H36F2N6O7S. The van der Waals surface area contributed by atoms with Crippen LogP contribution in [-0.4, -0.2) is 109 Å². The van der Waals surface area contributed by atoms with E-state index in [1.54, 1.807) is 13.2 Å². The van der Waals surface area contributed by atoms with Crippen LogP contribution in [0.25, 0.3) is 10.9 Å². The molecule has 13 nitrogen and oxygen atoms in total. The Morgan fingerprint density at radius 1 is 0.875 bits per heavy atom. The van der Waals surface area contributed by atoms with Crippen LogP contribution >= 0.6 is 0 Å². The number of rotatable bonds is 12. The van der Waals surface area contributed by atoms with Crippen molar-refractivity contribution in [3.8, 4) is 0 Å². The van der Waals surface area contributed by atoms with E-state index in [2.05, 4.69) is 32.6 Å². The van der Waals surface area contributed by atoms with Crippen molar-refractivity contribution >= 4 is 49.9 Å². The molecule has 0 radical (unpaired) electrons. The largest absolute Gasteiger partial charge is 0.445 e.